The van der Waals surface area contributed by atoms with Crippen molar-refractivity contribution >= 4 is 44.4 Å². The van der Waals surface area contributed by atoms with E-state index < -0.39 is 10.0 Å². The minimum absolute atomic E-state index is 0.147. The number of anilines is 1. The maximum Gasteiger partial charge on any atom is 0.243 e. The highest BCUT2D eigenvalue weighted by Gasteiger charge is 2.23. The molecule has 3 rings (SSSR count). The molecule has 0 aliphatic carbocycles. The van der Waals surface area contributed by atoms with Gasteiger partial charge in [-0.2, -0.15) is 4.31 Å². The minimum atomic E-state index is -3.56. The summed E-state index contributed by atoms with van der Waals surface area (Å²) in [5, 5.41) is 3.55. The van der Waals surface area contributed by atoms with Gasteiger partial charge >= 0.3 is 0 Å². The van der Waals surface area contributed by atoms with Crippen LogP contribution in [0.5, 0.6) is 0 Å². The van der Waals surface area contributed by atoms with Gasteiger partial charge < -0.3 is 9.88 Å². The standard InChI is InChI=1S/C22H26N4O3S2/c1-5-14-26-20-9-7-6-8-19(20)24-22(26)30-15-21(27)23-17-10-12-18(13-11-17)31(28,29)25(4)16(2)3/h5-13,16H,1,14-15H2,2-4H3,(H,23,27). The molecule has 7 nitrogen and oxygen atoms in total. The number of amides is 1. The fraction of sp³-hybridized carbons (Fsp3) is 0.273. The van der Waals surface area contributed by atoms with Crippen molar-refractivity contribution < 1.29 is 13.2 Å². The lowest BCUT2D eigenvalue weighted by atomic mass is 10.3. The molecule has 0 saturated heterocycles. The van der Waals surface area contributed by atoms with Gasteiger partial charge in [0.05, 0.1) is 21.7 Å². The molecule has 0 radical (unpaired) electrons. The quantitative estimate of drug-likeness (QED) is 0.387. The van der Waals surface area contributed by atoms with Crippen molar-refractivity contribution in [2.24, 2.45) is 0 Å². The van der Waals surface area contributed by atoms with Crippen molar-refractivity contribution in [3.63, 3.8) is 0 Å². The molecule has 0 unspecified atom stereocenters. The third-order valence-corrected chi connectivity index (χ3v) is 7.83. The highest BCUT2D eigenvalue weighted by molar-refractivity contribution is 7.99. The van der Waals surface area contributed by atoms with Gasteiger partial charge in [-0.3, -0.25) is 4.79 Å². The third kappa shape index (κ3) is 5.17. The number of hydrogen-bond acceptors (Lipinski definition) is 5. The van der Waals surface area contributed by atoms with Crippen molar-refractivity contribution in [3.05, 3.63) is 61.2 Å². The number of para-hydroxylation sites is 2. The zero-order valence-corrected chi connectivity index (χ0v) is 19.4. The van der Waals surface area contributed by atoms with Crippen LogP contribution in [-0.2, 0) is 21.4 Å². The number of fused-ring (bicyclic) bond motifs is 1. The summed E-state index contributed by atoms with van der Waals surface area (Å²) in [4.78, 5) is 17.2. The van der Waals surface area contributed by atoms with Crippen LogP contribution in [0, 0.1) is 0 Å². The Morgan fingerprint density at radius 3 is 2.55 bits per heavy atom. The summed E-state index contributed by atoms with van der Waals surface area (Å²) in [5.41, 5.74) is 2.40. The maximum absolute atomic E-state index is 12.5. The van der Waals surface area contributed by atoms with Crippen LogP contribution in [-0.4, -0.2) is 47.0 Å². The van der Waals surface area contributed by atoms with Crippen LogP contribution in [0.25, 0.3) is 11.0 Å². The van der Waals surface area contributed by atoms with Crippen molar-refractivity contribution in [1.82, 2.24) is 13.9 Å². The highest BCUT2D eigenvalue weighted by atomic mass is 32.2. The predicted octanol–water partition coefficient (Wildman–Crippen LogP) is 3.98. The number of thioether (sulfide) groups is 1. The molecule has 0 spiro atoms. The van der Waals surface area contributed by atoms with Crippen molar-refractivity contribution in [2.75, 3.05) is 18.1 Å². The Kier molecular flexibility index (Phi) is 7.19. The molecule has 0 bridgehead atoms. The fourth-order valence-corrected chi connectivity index (χ4v) is 5.14. The van der Waals surface area contributed by atoms with E-state index in [1.165, 1.54) is 28.2 Å². The first-order chi connectivity index (χ1) is 14.7. The Bertz CT molecular complexity index is 1190. The average molecular weight is 459 g/mol. The van der Waals surface area contributed by atoms with E-state index in [2.05, 4.69) is 16.9 Å². The molecular weight excluding hydrogens is 432 g/mol. The van der Waals surface area contributed by atoms with Crippen molar-refractivity contribution in [3.8, 4) is 0 Å². The predicted molar refractivity (Wildman–Crippen MR) is 126 cm³/mol. The highest BCUT2D eigenvalue weighted by Crippen LogP contribution is 2.25. The Hall–Kier alpha value is -2.62. The fourth-order valence-electron chi connectivity index (χ4n) is 2.95. The lowest BCUT2D eigenvalue weighted by molar-refractivity contribution is -0.113. The number of sulfonamides is 1. The van der Waals surface area contributed by atoms with E-state index in [1.54, 1.807) is 25.3 Å². The molecule has 164 valence electrons. The maximum atomic E-state index is 12.5. The van der Waals surface area contributed by atoms with E-state index in [0.29, 0.717) is 12.2 Å². The molecule has 3 aromatic rings. The second-order valence-electron chi connectivity index (χ2n) is 7.26. The number of benzene rings is 2. The lowest BCUT2D eigenvalue weighted by Gasteiger charge is -2.21. The van der Waals surface area contributed by atoms with Crippen LogP contribution in [0.4, 0.5) is 5.69 Å². The van der Waals surface area contributed by atoms with Crippen LogP contribution >= 0.6 is 11.8 Å². The summed E-state index contributed by atoms with van der Waals surface area (Å²) in [6.45, 7) is 8.02. The first-order valence-corrected chi connectivity index (χ1v) is 12.2. The van der Waals surface area contributed by atoms with E-state index in [1.807, 2.05) is 42.7 Å². The molecule has 2 aromatic carbocycles. The van der Waals surface area contributed by atoms with E-state index in [4.69, 9.17) is 0 Å². The van der Waals surface area contributed by atoms with Gasteiger partial charge in [-0.25, -0.2) is 13.4 Å². The van der Waals surface area contributed by atoms with Gasteiger partial charge in [-0.1, -0.05) is 30.0 Å². The third-order valence-electron chi connectivity index (χ3n) is 4.81. The second-order valence-corrected chi connectivity index (χ2v) is 10.2. The lowest BCUT2D eigenvalue weighted by Crippen LogP contribution is -2.33. The van der Waals surface area contributed by atoms with Crippen molar-refractivity contribution in [2.45, 2.75) is 36.5 Å². The van der Waals surface area contributed by atoms with Gasteiger partial charge in [0.25, 0.3) is 0 Å². The Morgan fingerprint density at radius 1 is 1.23 bits per heavy atom. The summed E-state index contributed by atoms with van der Waals surface area (Å²) < 4.78 is 28.4. The zero-order valence-electron chi connectivity index (χ0n) is 17.8. The first-order valence-electron chi connectivity index (χ1n) is 9.81. The smallest absolute Gasteiger partial charge is 0.243 e. The molecule has 0 fully saturated rings. The van der Waals surface area contributed by atoms with Gasteiger partial charge in [-0.15, -0.1) is 6.58 Å². The Morgan fingerprint density at radius 2 is 1.90 bits per heavy atom. The summed E-state index contributed by atoms with van der Waals surface area (Å²) in [7, 11) is -2.01. The molecule has 1 amide bonds. The SMILES string of the molecule is C=CCn1c(SCC(=O)Nc2ccc(S(=O)(=O)N(C)C(C)C)cc2)nc2ccccc21. The molecule has 0 saturated carbocycles. The molecule has 0 aliphatic rings. The van der Waals surface area contributed by atoms with E-state index >= 15 is 0 Å². The molecule has 1 aromatic heterocycles. The van der Waals surface area contributed by atoms with Gasteiger partial charge in [-0.05, 0) is 50.2 Å². The largest absolute Gasteiger partial charge is 0.325 e. The summed E-state index contributed by atoms with van der Waals surface area (Å²) in [6.07, 6.45) is 1.80. The van der Waals surface area contributed by atoms with E-state index in [9.17, 15) is 13.2 Å². The first kappa shape index (κ1) is 23.1. The normalized spacial score (nSPS) is 11.9. The number of nitrogens with one attached hydrogen (secondary N) is 1. The van der Waals surface area contributed by atoms with Gasteiger partial charge in [0.1, 0.15) is 0 Å². The number of allylic oxidation sites excluding steroid dienone is 1. The number of hydrogen-bond donors (Lipinski definition) is 1. The summed E-state index contributed by atoms with van der Waals surface area (Å²) in [5.74, 6) is -0.0199. The number of nitrogens with zero attached hydrogens (tertiary/aromatic N) is 3. The van der Waals surface area contributed by atoms with Gasteiger partial charge in [0.15, 0.2) is 5.16 Å². The van der Waals surface area contributed by atoms with Gasteiger partial charge in [0.2, 0.25) is 15.9 Å². The number of carbonyl (C=O) groups excluding carboxylic acids is 1. The summed E-state index contributed by atoms with van der Waals surface area (Å²) >= 11 is 1.34. The molecule has 1 N–H and O–H groups in total. The Labute approximate surface area is 187 Å². The molecule has 0 aliphatic heterocycles. The summed E-state index contributed by atoms with van der Waals surface area (Å²) in [6, 6.07) is 13.8. The second kappa shape index (κ2) is 9.67. The number of imidazole rings is 1. The molecular formula is C22H26N4O3S2. The van der Waals surface area contributed by atoms with Gasteiger partial charge in [0, 0.05) is 25.3 Å². The average Bonchev–Trinajstić information content (AvgIpc) is 3.10. The topological polar surface area (TPSA) is 84.3 Å². The van der Waals surface area contributed by atoms with Crippen LogP contribution in [0.2, 0.25) is 0 Å². The van der Waals surface area contributed by atoms with Crippen molar-refractivity contribution in [1.29, 1.82) is 0 Å². The number of carbonyl (C=O) groups is 1. The van der Waals surface area contributed by atoms with Crippen LogP contribution in [0.1, 0.15) is 13.8 Å². The molecule has 9 heteroatoms. The molecule has 1 heterocycles. The molecule has 31 heavy (non-hydrogen) atoms. The minimum Gasteiger partial charge on any atom is -0.325 e. The van der Waals surface area contributed by atoms with Crippen LogP contribution in [0.15, 0.2) is 71.2 Å². The molecule has 0 atom stereocenters. The zero-order chi connectivity index (χ0) is 22.6. The number of aromatic nitrogens is 2. The Balaban J connectivity index is 1.66. The monoisotopic (exact) mass is 458 g/mol. The van der Waals surface area contributed by atoms with Crippen LogP contribution in [0.3, 0.4) is 0 Å². The van der Waals surface area contributed by atoms with Crippen LogP contribution < -0.4 is 5.32 Å². The number of rotatable bonds is 9. The van der Waals surface area contributed by atoms with E-state index in [0.717, 1.165) is 16.2 Å². The van der Waals surface area contributed by atoms with E-state index in [-0.39, 0.29) is 22.6 Å².